The zero-order valence-electron chi connectivity index (χ0n) is 23.3. The predicted octanol–water partition coefficient (Wildman–Crippen LogP) is 3.97. The Labute approximate surface area is 247 Å². The monoisotopic (exact) mass is 592 g/mol. The van der Waals surface area contributed by atoms with Gasteiger partial charge in [-0.1, -0.05) is 48.0 Å². The van der Waals surface area contributed by atoms with Crippen molar-refractivity contribution in [3.63, 3.8) is 0 Å². The molecule has 42 heavy (non-hydrogen) atoms. The number of methoxy groups -OCH3 is 3. The van der Waals surface area contributed by atoms with Crippen molar-refractivity contribution in [1.82, 2.24) is 5.32 Å². The molecule has 0 bridgehead atoms. The van der Waals surface area contributed by atoms with Crippen LogP contribution in [0.1, 0.15) is 33.1 Å². The summed E-state index contributed by atoms with van der Waals surface area (Å²) in [5.74, 6) is -5.55. The fourth-order valence-corrected chi connectivity index (χ4v) is 6.23. The van der Waals surface area contributed by atoms with Crippen LogP contribution in [-0.4, -0.2) is 55.7 Å². The average molecular weight is 593 g/mol. The number of amides is 2. The predicted molar refractivity (Wildman–Crippen MR) is 153 cm³/mol. The number of aliphatic carboxylic acids is 1. The van der Waals surface area contributed by atoms with Gasteiger partial charge in [-0.2, -0.15) is 0 Å². The number of nitrogens with one attached hydrogen (secondary N) is 1. The van der Waals surface area contributed by atoms with Crippen molar-refractivity contribution in [2.45, 2.75) is 24.9 Å². The number of carboxylic acids is 1. The number of carbonyl (C=O) groups is 4. The van der Waals surface area contributed by atoms with Crippen LogP contribution in [0.2, 0.25) is 5.02 Å². The van der Waals surface area contributed by atoms with Gasteiger partial charge in [0.05, 0.1) is 38.9 Å². The number of fused-ring (bicyclic) bond motifs is 1. The van der Waals surface area contributed by atoms with E-state index >= 15 is 0 Å². The van der Waals surface area contributed by atoms with Gasteiger partial charge in [-0.25, -0.2) is 9.69 Å². The maximum atomic E-state index is 14.3. The van der Waals surface area contributed by atoms with Gasteiger partial charge in [0.1, 0.15) is 22.6 Å². The van der Waals surface area contributed by atoms with Gasteiger partial charge in [-0.15, -0.1) is 0 Å². The number of carbonyl (C=O) groups excluding carboxylic acids is 3. The smallest absolute Gasteiger partial charge is 0.341 e. The number of aryl methyl sites for hydroxylation is 1. The van der Waals surface area contributed by atoms with E-state index in [1.165, 1.54) is 39.5 Å². The third-order valence-electron chi connectivity index (χ3n) is 8.06. The van der Waals surface area contributed by atoms with Crippen LogP contribution in [0.15, 0.2) is 60.7 Å². The van der Waals surface area contributed by atoms with Gasteiger partial charge in [0.25, 0.3) is 0 Å². The first-order valence-corrected chi connectivity index (χ1v) is 13.5. The molecular formula is C31H29ClN2O8. The molecule has 4 unspecified atom stereocenters. The maximum Gasteiger partial charge on any atom is 0.341 e. The standard InChI is InChI=1S/C31H29ClN2O8/c1-16-10-11-18(12-21(16)32)34-27(35)24-25(28(34)36)31(30(38)39,15-17-8-6-5-7-9-17)33-26(24)20-13-19(40-2)14-22(41-3)23(20)29(37)42-4/h5-14,24-26,33H,15H2,1-4H3,(H,38,39). The molecule has 3 aromatic carbocycles. The minimum Gasteiger partial charge on any atom is -0.497 e. The number of hydrogen-bond acceptors (Lipinski definition) is 8. The number of benzene rings is 3. The van der Waals surface area contributed by atoms with E-state index in [2.05, 4.69) is 5.32 Å². The summed E-state index contributed by atoms with van der Waals surface area (Å²) in [6, 6.07) is 15.5. The molecule has 218 valence electrons. The lowest BCUT2D eigenvalue weighted by molar-refractivity contribution is -0.148. The second-order valence-electron chi connectivity index (χ2n) is 10.3. The zero-order valence-corrected chi connectivity index (χ0v) is 24.1. The van der Waals surface area contributed by atoms with Crippen molar-refractivity contribution in [3.8, 4) is 11.5 Å². The van der Waals surface area contributed by atoms with Crippen LogP contribution < -0.4 is 19.7 Å². The molecule has 0 aromatic heterocycles. The van der Waals surface area contributed by atoms with Crippen LogP contribution in [0.25, 0.3) is 0 Å². The molecule has 3 aromatic rings. The quantitative estimate of drug-likeness (QED) is 0.295. The fourth-order valence-electron chi connectivity index (χ4n) is 6.05. The Hall–Kier alpha value is -4.41. The number of hydrogen-bond donors (Lipinski definition) is 2. The lowest BCUT2D eigenvalue weighted by atomic mass is 9.76. The first kappa shape index (κ1) is 29.1. The number of nitrogens with zero attached hydrogens (tertiary/aromatic N) is 1. The number of ether oxygens (including phenoxy) is 3. The van der Waals surface area contributed by atoms with Gasteiger partial charge in [0.15, 0.2) is 0 Å². The molecule has 4 atom stereocenters. The van der Waals surface area contributed by atoms with E-state index < -0.39 is 47.2 Å². The number of carboxylic acid groups (broad SMARTS) is 1. The Bertz CT molecular complexity index is 1590. The molecule has 0 radical (unpaired) electrons. The van der Waals surface area contributed by atoms with Crippen LogP contribution in [0, 0.1) is 18.8 Å². The van der Waals surface area contributed by atoms with Crippen LogP contribution >= 0.6 is 11.6 Å². The van der Waals surface area contributed by atoms with E-state index in [-0.39, 0.29) is 29.0 Å². The molecule has 5 rings (SSSR count). The Morgan fingerprint density at radius 3 is 2.31 bits per heavy atom. The van der Waals surface area contributed by atoms with Crippen molar-refractivity contribution in [3.05, 3.63) is 87.9 Å². The molecule has 10 nitrogen and oxygen atoms in total. The SMILES string of the molecule is COC(=O)c1c(OC)cc(OC)cc1C1NC(Cc2ccccc2)(C(=O)O)C2C(=O)N(c3ccc(C)c(Cl)c3)C(=O)C12. The van der Waals surface area contributed by atoms with Gasteiger partial charge >= 0.3 is 11.9 Å². The van der Waals surface area contributed by atoms with E-state index in [0.717, 1.165) is 10.5 Å². The largest absolute Gasteiger partial charge is 0.497 e. The van der Waals surface area contributed by atoms with Crippen molar-refractivity contribution < 1.29 is 38.5 Å². The molecule has 2 N–H and O–H groups in total. The highest BCUT2D eigenvalue weighted by atomic mass is 35.5. The lowest BCUT2D eigenvalue weighted by Gasteiger charge is -2.31. The Balaban J connectivity index is 1.76. The molecule has 2 fully saturated rings. The summed E-state index contributed by atoms with van der Waals surface area (Å²) < 4.78 is 16.0. The summed E-state index contributed by atoms with van der Waals surface area (Å²) in [6.07, 6.45) is -0.114. The molecule has 0 saturated carbocycles. The highest BCUT2D eigenvalue weighted by molar-refractivity contribution is 6.32. The summed E-state index contributed by atoms with van der Waals surface area (Å²) in [7, 11) is 3.98. The fraction of sp³-hybridized carbons (Fsp3) is 0.290. The number of imide groups is 1. The van der Waals surface area contributed by atoms with Crippen LogP contribution in [0.4, 0.5) is 5.69 Å². The van der Waals surface area contributed by atoms with Gasteiger partial charge in [-0.05, 0) is 41.8 Å². The van der Waals surface area contributed by atoms with E-state index in [9.17, 15) is 24.3 Å². The molecule has 0 spiro atoms. The highest BCUT2D eigenvalue weighted by Gasteiger charge is 2.69. The number of anilines is 1. The summed E-state index contributed by atoms with van der Waals surface area (Å²) in [5.41, 5.74) is -0.126. The third-order valence-corrected chi connectivity index (χ3v) is 8.47. The van der Waals surface area contributed by atoms with Crippen LogP contribution in [0.3, 0.4) is 0 Å². The highest BCUT2D eigenvalue weighted by Crippen LogP contribution is 2.52. The summed E-state index contributed by atoms with van der Waals surface area (Å²) in [4.78, 5) is 55.8. The Morgan fingerprint density at radius 2 is 1.71 bits per heavy atom. The van der Waals surface area contributed by atoms with E-state index in [1.807, 2.05) is 0 Å². The number of esters is 1. The van der Waals surface area contributed by atoms with Crippen LogP contribution in [-0.2, 0) is 25.5 Å². The minimum atomic E-state index is -1.92. The summed E-state index contributed by atoms with van der Waals surface area (Å²) in [6.45, 7) is 1.79. The Morgan fingerprint density at radius 1 is 1.00 bits per heavy atom. The molecule has 2 saturated heterocycles. The van der Waals surface area contributed by atoms with Crippen molar-refractivity contribution in [2.24, 2.45) is 11.8 Å². The second-order valence-corrected chi connectivity index (χ2v) is 10.7. The number of halogens is 1. The van der Waals surface area contributed by atoms with Gasteiger partial charge < -0.3 is 19.3 Å². The van der Waals surface area contributed by atoms with Crippen molar-refractivity contribution in [2.75, 3.05) is 26.2 Å². The first-order chi connectivity index (χ1) is 20.1. The molecular weight excluding hydrogens is 564 g/mol. The van der Waals surface area contributed by atoms with Crippen LogP contribution in [0.5, 0.6) is 11.5 Å². The zero-order chi connectivity index (χ0) is 30.3. The number of rotatable bonds is 8. The third kappa shape index (κ3) is 4.56. The summed E-state index contributed by atoms with van der Waals surface area (Å²) >= 11 is 6.35. The molecule has 0 aliphatic carbocycles. The van der Waals surface area contributed by atoms with Gasteiger partial charge in [0, 0.05) is 23.6 Å². The minimum absolute atomic E-state index is 0.0185. The maximum absolute atomic E-state index is 14.3. The van der Waals surface area contributed by atoms with Crippen molar-refractivity contribution in [1.29, 1.82) is 0 Å². The van der Waals surface area contributed by atoms with E-state index in [0.29, 0.717) is 16.3 Å². The average Bonchev–Trinajstić information content (AvgIpc) is 3.47. The second kappa shape index (κ2) is 11.1. The van der Waals surface area contributed by atoms with Crippen molar-refractivity contribution >= 4 is 41.0 Å². The Kier molecular flexibility index (Phi) is 7.70. The normalized spacial score (nSPS) is 23.1. The topological polar surface area (TPSA) is 131 Å². The summed E-state index contributed by atoms with van der Waals surface area (Å²) in [5, 5.41) is 14.3. The molecule has 2 aliphatic heterocycles. The molecule has 2 heterocycles. The lowest BCUT2D eigenvalue weighted by Crippen LogP contribution is -2.57. The van der Waals surface area contributed by atoms with Gasteiger partial charge in [0.2, 0.25) is 11.8 Å². The van der Waals surface area contributed by atoms with E-state index in [1.54, 1.807) is 49.4 Å². The molecule has 2 aliphatic rings. The molecule has 11 heteroatoms. The molecule has 2 amide bonds. The first-order valence-electron chi connectivity index (χ1n) is 13.1. The van der Waals surface area contributed by atoms with Gasteiger partial charge in [-0.3, -0.25) is 19.7 Å². The van der Waals surface area contributed by atoms with E-state index in [4.69, 9.17) is 25.8 Å².